The molecule has 0 saturated heterocycles. The topological polar surface area (TPSA) is 68.0 Å². The highest BCUT2D eigenvalue weighted by atomic mass is 35.5. The minimum Gasteiger partial charge on any atom is -0.355 e. The Balaban J connectivity index is 0.00000169. The van der Waals surface area contributed by atoms with Crippen LogP contribution >= 0.6 is 35.3 Å². The molecular formula is C17H21Cl2N3OS. The monoisotopic (exact) mass is 385 g/mol. The Morgan fingerprint density at radius 3 is 2.92 bits per heavy atom. The average molecular weight is 386 g/mol. The van der Waals surface area contributed by atoms with Gasteiger partial charge in [-0.3, -0.25) is 4.79 Å². The van der Waals surface area contributed by atoms with Gasteiger partial charge < -0.3 is 11.1 Å². The lowest BCUT2D eigenvalue weighted by molar-refractivity contribution is -0.127. The first kappa shape index (κ1) is 17.9. The van der Waals surface area contributed by atoms with E-state index in [9.17, 15) is 4.79 Å². The molecular weight excluding hydrogens is 365 g/mol. The smallest absolute Gasteiger partial charge is 0.224 e. The number of aromatic nitrogens is 1. The summed E-state index contributed by atoms with van der Waals surface area (Å²) in [6, 6.07) is 5.80. The maximum Gasteiger partial charge on any atom is 0.224 e. The maximum atomic E-state index is 12.4. The molecule has 130 valence electrons. The molecule has 4 rings (SSSR count). The van der Waals surface area contributed by atoms with Crippen molar-refractivity contribution in [3.8, 4) is 0 Å². The Labute approximate surface area is 156 Å². The number of nitrogens with zero attached hydrogens (tertiary/aromatic N) is 1. The van der Waals surface area contributed by atoms with E-state index < -0.39 is 0 Å². The van der Waals surface area contributed by atoms with Gasteiger partial charge in [-0.2, -0.15) is 0 Å². The molecule has 7 heteroatoms. The molecule has 0 radical (unpaired) electrons. The molecule has 3 N–H and O–H groups in total. The van der Waals surface area contributed by atoms with Crippen LogP contribution in [-0.4, -0.2) is 23.5 Å². The molecule has 1 heterocycles. The van der Waals surface area contributed by atoms with Crippen LogP contribution in [0.5, 0.6) is 0 Å². The minimum absolute atomic E-state index is 0. The Kier molecular flexibility index (Phi) is 5.35. The lowest BCUT2D eigenvalue weighted by atomic mass is 9.84. The number of nitrogens with two attached hydrogens (primary N) is 1. The Hall–Kier alpha value is -0.880. The van der Waals surface area contributed by atoms with Crippen LogP contribution in [0.2, 0.25) is 5.02 Å². The molecule has 24 heavy (non-hydrogen) atoms. The number of fused-ring (bicyclic) bond motifs is 3. The first-order valence-corrected chi connectivity index (χ1v) is 9.39. The van der Waals surface area contributed by atoms with E-state index in [1.165, 1.54) is 6.42 Å². The summed E-state index contributed by atoms with van der Waals surface area (Å²) in [5.74, 6) is 1.21. The molecule has 4 unspecified atom stereocenters. The Morgan fingerprint density at radius 2 is 2.17 bits per heavy atom. The van der Waals surface area contributed by atoms with Gasteiger partial charge in [0, 0.05) is 24.0 Å². The normalized spacial score (nSPS) is 28.1. The SMILES string of the molecule is Cl.NC1C2CCC(C2)C1C(=O)NCCc1nc2cc(Cl)ccc2s1. The van der Waals surface area contributed by atoms with Crippen molar-refractivity contribution in [3.05, 3.63) is 28.2 Å². The van der Waals surface area contributed by atoms with Crippen LogP contribution < -0.4 is 11.1 Å². The second-order valence-corrected chi connectivity index (χ2v) is 8.25. The van der Waals surface area contributed by atoms with Crippen molar-refractivity contribution in [1.29, 1.82) is 0 Å². The Morgan fingerprint density at radius 1 is 1.38 bits per heavy atom. The van der Waals surface area contributed by atoms with Crippen LogP contribution in [0, 0.1) is 17.8 Å². The van der Waals surface area contributed by atoms with Gasteiger partial charge in [0.1, 0.15) is 0 Å². The molecule has 1 aromatic heterocycles. The summed E-state index contributed by atoms with van der Waals surface area (Å²) in [6.07, 6.45) is 4.25. The van der Waals surface area contributed by atoms with Gasteiger partial charge in [0.25, 0.3) is 0 Å². The lowest BCUT2D eigenvalue weighted by Crippen LogP contribution is -2.45. The summed E-state index contributed by atoms with van der Waals surface area (Å²) in [6.45, 7) is 0.618. The fourth-order valence-corrected chi connectivity index (χ4v) is 5.30. The van der Waals surface area contributed by atoms with Crippen molar-refractivity contribution in [2.45, 2.75) is 31.7 Å². The predicted molar refractivity (Wildman–Crippen MR) is 101 cm³/mol. The lowest BCUT2D eigenvalue weighted by Gasteiger charge is -2.26. The molecule has 0 spiro atoms. The summed E-state index contributed by atoms with van der Waals surface area (Å²) in [5.41, 5.74) is 7.16. The summed E-state index contributed by atoms with van der Waals surface area (Å²) < 4.78 is 1.13. The van der Waals surface area contributed by atoms with Crippen LogP contribution in [0.3, 0.4) is 0 Å². The first-order valence-electron chi connectivity index (χ1n) is 8.20. The van der Waals surface area contributed by atoms with Crippen molar-refractivity contribution >= 4 is 51.5 Å². The first-order chi connectivity index (χ1) is 11.1. The number of carbonyl (C=O) groups is 1. The van der Waals surface area contributed by atoms with E-state index in [1.807, 2.05) is 18.2 Å². The van der Waals surface area contributed by atoms with Crippen molar-refractivity contribution in [2.75, 3.05) is 6.54 Å². The number of hydrogen-bond acceptors (Lipinski definition) is 4. The number of nitrogens with one attached hydrogen (secondary N) is 1. The van der Waals surface area contributed by atoms with Crippen LogP contribution in [0.4, 0.5) is 0 Å². The van der Waals surface area contributed by atoms with E-state index in [1.54, 1.807) is 11.3 Å². The summed E-state index contributed by atoms with van der Waals surface area (Å²) in [5, 5.41) is 4.80. The second-order valence-electron chi connectivity index (χ2n) is 6.70. The number of benzene rings is 1. The zero-order valence-electron chi connectivity index (χ0n) is 13.2. The van der Waals surface area contributed by atoms with Gasteiger partial charge in [-0.1, -0.05) is 11.6 Å². The number of rotatable bonds is 4. The van der Waals surface area contributed by atoms with Crippen LogP contribution in [-0.2, 0) is 11.2 Å². The molecule has 1 amide bonds. The van der Waals surface area contributed by atoms with Crippen molar-refractivity contribution in [2.24, 2.45) is 23.5 Å². The molecule has 2 aliphatic carbocycles. The van der Waals surface area contributed by atoms with Gasteiger partial charge in [-0.05, 0) is 49.3 Å². The van der Waals surface area contributed by atoms with Crippen molar-refractivity contribution in [3.63, 3.8) is 0 Å². The highest BCUT2D eigenvalue weighted by Gasteiger charge is 2.48. The van der Waals surface area contributed by atoms with Gasteiger partial charge in [0.15, 0.2) is 0 Å². The Bertz CT molecular complexity index is 749. The number of carbonyl (C=O) groups excluding carboxylic acids is 1. The largest absolute Gasteiger partial charge is 0.355 e. The third-order valence-corrected chi connectivity index (χ3v) is 6.65. The van der Waals surface area contributed by atoms with Crippen LogP contribution in [0.15, 0.2) is 18.2 Å². The molecule has 2 bridgehead atoms. The maximum absolute atomic E-state index is 12.4. The highest BCUT2D eigenvalue weighted by Crippen LogP contribution is 2.47. The number of hydrogen-bond donors (Lipinski definition) is 2. The average Bonchev–Trinajstić information content (AvgIpc) is 3.20. The van der Waals surface area contributed by atoms with E-state index >= 15 is 0 Å². The molecule has 4 atom stereocenters. The van der Waals surface area contributed by atoms with Gasteiger partial charge in [-0.15, -0.1) is 23.7 Å². The van der Waals surface area contributed by atoms with E-state index in [4.69, 9.17) is 17.3 Å². The molecule has 2 aromatic rings. The molecule has 4 nitrogen and oxygen atoms in total. The molecule has 2 aliphatic rings. The molecule has 1 aromatic carbocycles. The predicted octanol–water partition coefficient (Wildman–Crippen LogP) is 3.40. The van der Waals surface area contributed by atoms with Gasteiger partial charge in [0.05, 0.1) is 21.1 Å². The fraction of sp³-hybridized carbons (Fsp3) is 0.529. The van der Waals surface area contributed by atoms with E-state index in [-0.39, 0.29) is 30.3 Å². The van der Waals surface area contributed by atoms with Crippen molar-refractivity contribution in [1.82, 2.24) is 10.3 Å². The van der Waals surface area contributed by atoms with E-state index in [0.717, 1.165) is 34.5 Å². The third kappa shape index (κ3) is 3.27. The van der Waals surface area contributed by atoms with Gasteiger partial charge in [0.2, 0.25) is 5.91 Å². The summed E-state index contributed by atoms with van der Waals surface area (Å²) in [4.78, 5) is 17.0. The third-order valence-electron chi connectivity index (χ3n) is 5.32. The summed E-state index contributed by atoms with van der Waals surface area (Å²) >= 11 is 7.64. The van der Waals surface area contributed by atoms with Crippen LogP contribution in [0.1, 0.15) is 24.3 Å². The highest BCUT2D eigenvalue weighted by molar-refractivity contribution is 7.18. The molecule has 2 fully saturated rings. The molecule has 2 saturated carbocycles. The van der Waals surface area contributed by atoms with Gasteiger partial charge in [-0.25, -0.2) is 4.98 Å². The zero-order chi connectivity index (χ0) is 16.0. The second kappa shape index (κ2) is 7.16. The standard InChI is InChI=1S/C17H20ClN3OS.ClH/c18-11-3-4-13-12(8-11)21-14(23-13)5-6-20-17(22)15-9-1-2-10(7-9)16(15)19;/h3-4,8-10,15-16H,1-2,5-7,19H2,(H,20,22);1H. The minimum atomic E-state index is 0. The number of halogens is 2. The van der Waals surface area contributed by atoms with E-state index in [0.29, 0.717) is 23.4 Å². The van der Waals surface area contributed by atoms with Crippen molar-refractivity contribution < 1.29 is 4.79 Å². The van der Waals surface area contributed by atoms with E-state index in [2.05, 4.69) is 10.3 Å². The zero-order valence-corrected chi connectivity index (χ0v) is 15.6. The van der Waals surface area contributed by atoms with Crippen LogP contribution in [0.25, 0.3) is 10.2 Å². The number of thiazole rings is 1. The fourth-order valence-electron chi connectivity index (χ4n) is 4.19. The summed E-state index contributed by atoms with van der Waals surface area (Å²) in [7, 11) is 0. The molecule has 0 aliphatic heterocycles. The van der Waals surface area contributed by atoms with Gasteiger partial charge >= 0.3 is 0 Å². The number of amides is 1. The quantitative estimate of drug-likeness (QED) is 0.846.